The predicted molar refractivity (Wildman–Crippen MR) is 51.6 cm³/mol. The lowest BCUT2D eigenvalue weighted by molar-refractivity contribution is 1.54. The Morgan fingerprint density at radius 1 is 1.42 bits per heavy atom. The Morgan fingerprint density at radius 2 is 2.17 bits per heavy atom. The van der Waals surface area contributed by atoms with Gasteiger partial charge in [0.1, 0.15) is 0 Å². The van der Waals surface area contributed by atoms with E-state index in [9.17, 15) is 0 Å². The minimum atomic E-state index is 0.556. The van der Waals surface area contributed by atoms with Crippen LogP contribution in [0.25, 0.3) is 0 Å². The van der Waals surface area contributed by atoms with Crippen LogP contribution in [0.4, 0.5) is 0 Å². The fourth-order valence-electron chi connectivity index (χ4n) is 0.689. The summed E-state index contributed by atoms with van der Waals surface area (Å²) in [6.07, 6.45) is 0. The topological polar surface area (TPSA) is 23.8 Å². The molecule has 0 spiro atoms. The highest BCUT2D eigenvalue weighted by Gasteiger charge is 1.96. The van der Waals surface area contributed by atoms with Crippen LogP contribution in [0.15, 0.2) is 22.7 Å². The molecule has 3 heteroatoms. The van der Waals surface area contributed by atoms with E-state index in [2.05, 4.69) is 27.8 Å². The largest absolute Gasteiger partial charge is 0.183 e. The minimum Gasteiger partial charge on any atom is -0.183 e. The van der Waals surface area contributed by atoms with Crippen LogP contribution >= 0.6 is 27.5 Å². The van der Waals surface area contributed by atoms with Crippen LogP contribution in [-0.4, -0.2) is 0 Å². The number of hydrogen-bond acceptors (Lipinski definition) is 1. The zero-order valence-electron chi connectivity index (χ0n) is 5.94. The van der Waals surface area contributed by atoms with Gasteiger partial charge in [-0.25, -0.2) is 0 Å². The van der Waals surface area contributed by atoms with Crippen LogP contribution in [0.3, 0.4) is 0 Å². The summed E-state index contributed by atoms with van der Waals surface area (Å²) in [4.78, 5) is 0. The van der Waals surface area contributed by atoms with Crippen molar-refractivity contribution in [2.75, 3.05) is 0 Å². The second-order valence-electron chi connectivity index (χ2n) is 1.99. The van der Waals surface area contributed by atoms with Gasteiger partial charge in [-0.1, -0.05) is 27.5 Å². The summed E-state index contributed by atoms with van der Waals surface area (Å²) >= 11 is 9.08. The van der Waals surface area contributed by atoms with Crippen LogP contribution in [0, 0.1) is 23.2 Å². The number of hydrogen-bond donors (Lipinski definition) is 0. The summed E-state index contributed by atoms with van der Waals surface area (Å²) < 4.78 is 0.897. The molecule has 0 bridgehead atoms. The van der Waals surface area contributed by atoms with E-state index < -0.39 is 0 Å². The van der Waals surface area contributed by atoms with Gasteiger partial charge in [-0.05, 0) is 24.1 Å². The molecule has 0 heterocycles. The van der Waals surface area contributed by atoms with Crippen molar-refractivity contribution in [3.63, 3.8) is 0 Å². The van der Waals surface area contributed by atoms with Crippen LogP contribution in [0.1, 0.15) is 5.56 Å². The monoisotopic (exact) mass is 239 g/mol. The van der Waals surface area contributed by atoms with E-state index in [1.165, 1.54) is 0 Å². The molecular formula is C9H3BrClN. The second-order valence-corrected chi connectivity index (χ2v) is 3.31. The Bertz CT molecular complexity index is 395. The van der Waals surface area contributed by atoms with Gasteiger partial charge in [0.2, 0.25) is 0 Å². The molecule has 0 saturated heterocycles. The molecule has 12 heavy (non-hydrogen) atoms. The van der Waals surface area contributed by atoms with E-state index in [-0.39, 0.29) is 0 Å². The van der Waals surface area contributed by atoms with Crippen molar-refractivity contribution in [1.82, 2.24) is 0 Å². The van der Waals surface area contributed by atoms with E-state index in [1.54, 1.807) is 18.2 Å². The highest BCUT2D eigenvalue weighted by molar-refractivity contribution is 9.10. The van der Waals surface area contributed by atoms with Crippen molar-refractivity contribution in [1.29, 1.82) is 5.26 Å². The lowest BCUT2D eigenvalue weighted by atomic mass is 10.2. The summed E-state index contributed by atoms with van der Waals surface area (Å²) in [5.41, 5.74) is 0.660. The molecule has 0 saturated carbocycles. The lowest BCUT2D eigenvalue weighted by Crippen LogP contribution is -1.76. The Balaban J connectivity index is 3.16. The quantitative estimate of drug-likeness (QED) is 0.640. The minimum absolute atomic E-state index is 0.556. The zero-order chi connectivity index (χ0) is 8.97. The van der Waals surface area contributed by atoms with Gasteiger partial charge < -0.3 is 0 Å². The maximum atomic E-state index is 8.21. The van der Waals surface area contributed by atoms with Crippen LogP contribution < -0.4 is 0 Å². The Hall–Kier alpha value is -0.960. The third-order valence-electron chi connectivity index (χ3n) is 1.18. The molecule has 0 aromatic heterocycles. The van der Waals surface area contributed by atoms with Crippen molar-refractivity contribution in [2.24, 2.45) is 0 Å². The number of nitrogens with zero attached hydrogens (tertiary/aromatic N) is 1. The maximum Gasteiger partial charge on any atom is 0.152 e. The molecule has 1 aromatic rings. The molecule has 0 radical (unpaired) electrons. The van der Waals surface area contributed by atoms with Crippen molar-refractivity contribution >= 4 is 27.5 Å². The average molecular weight is 240 g/mol. The Kier molecular flexibility index (Phi) is 3.17. The first-order valence-corrected chi connectivity index (χ1v) is 4.26. The Labute approximate surface area is 84.1 Å². The molecule has 0 aliphatic rings. The van der Waals surface area contributed by atoms with Crippen LogP contribution in [0.5, 0.6) is 0 Å². The predicted octanol–water partition coefficient (Wildman–Crippen LogP) is 2.98. The SMILES string of the molecule is N#CC#Cc1cc(Br)ccc1Cl. The fraction of sp³-hybridized carbons (Fsp3) is 0. The molecule has 0 fully saturated rings. The number of nitriles is 1. The molecule has 1 nitrogen and oxygen atoms in total. The molecule has 0 aliphatic carbocycles. The zero-order valence-corrected chi connectivity index (χ0v) is 8.28. The maximum absolute atomic E-state index is 8.21. The van der Waals surface area contributed by atoms with Crippen LogP contribution in [-0.2, 0) is 0 Å². The third kappa shape index (κ3) is 2.27. The van der Waals surface area contributed by atoms with E-state index >= 15 is 0 Å². The first-order valence-electron chi connectivity index (χ1n) is 3.09. The first-order chi connectivity index (χ1) is 5.74. The molecule has 0 N–H and O–H groups in total. The van der Waals surface area contributed by atoms with E-state index in [1.807, 2.05) is 6.07 Å². The van der Waals surface area contributed by atoms with Gasteiger partial charge >= 0.3 is 0 Å². The highest BCUT2D eigenvalue weighted by atomic mass is 79.9. The van der Waals surface area contributed by atoms with Gasteiger partial charge in [0.25, 0.3) is 0 Å². The van der Waals surface area contributed by atoms with E-state index in [4.69, 9.17) is 16.9 Å². The van der Waals surface area contributed by atoms with Gasteiger partial charge in [-0.2, -0.15) is 5.26 Å². The number of halogens is 2. The van der Waals surface area contributed by atoms with E-state index in [0.29, 0.717) is 10.6 Å². The molecule has 58 valence electrons. The molecule has 0 unspecified atom stereocenters. The van der Waals surface area contributed by atoms with Crippen molar-refractivity contribution in [2.45, 2.75) is 0 Å². The van der Waals surface area contributed by atoms with Crippen molar-refractivity contribution in [3.05, 3.63) is 33.3 Å². The lowest BCUT2D eigenvalue weighted by Gasteiger charge is -1.94. The molecule has 0 atom stereocenters. The summed E-state index contributed by atoms with van der Waals surface area (Å²) in [6.45, 7) is 0. The van der Waals surface area contributed by atoms with Crippen LogP contribution in [0.2, 0.25) is 5.02 Å². The standard InChI is InChI=1S/C9H3BrClN/c10-8-3-4-9(11)7(6-8)2-1-5-12/h3-4,6H. The molecule has 1 aromatic carbocycles. The molecule has 0 aliphatic heterocycles. The van der Waals surface area contributed by atoms with Crippen molar-refractivity contribution < 1.29 is 0 Å². The normalized spacial score (nSPS) is 8.08. The summed E-state index contributed by atoms with van der Waals surface area (Å²) in [5, 5.41) is 8.77. The molecule has 0 amide bonds. The number of benzene rings is 1. The third-order valence-corrected chi connectivity index (χ3v) is 2.00. The average Bonchev–Trinajstić information content (AvgIpc) is 2.07. The van der Waals surface area contributed by atoms with Gasteiger partial charge in [-0.15, -0.1) is 0 Å². The highest BCUT2D eigenvalue weighted by Crippen LogP contribution is 2.19. The summed E-state index contributed by atoms with van der Waals surface area (Å²) in [7, 11) is 0. The second kappa shape index (κ2) is 4.16. The summed E-state index contributed by atoms with van der Waals surface area (Å²) in [6, 6.07) is 7.05. The summed E-state index contributed by atoms with van der Waals surface area (Å²) in [5.74, 6) is 4.91. The van der Waals surface area contributed by atoms with Gasteiger partial charge in [-0.3, -0.25) is 0 Å². The van der Waals surface area contributed by atoms with Crippen molar-refractivity contribution in [3.8, 4) is 17.9 Å². The van der Waals surface area contributed by atoms with Gasteiger partial charge in [0.05, 0.1) is 5.02 Å². The van der Waals surface area contributed by atoms with E-state index in [0.717, 1.165) is 4.47 Å². The number of rotatable bonds is 0. The first kappa shape index (κ1) is 9.13. The Morgan fingerprint density at radius 3 is 2.83 bits per heavy atom. The molecular weight excluding hydrogens is 237 g/mol. The smallest absolute Gasteiger partial charge is 0.152 e. The molecule has 1 rings (SSSR count). The van der Waals surface area contributed by atoms with Gasteiger partial charge in [0.15, 0.2) is 6.07 Å². The van der Waals surface area contributed by atoms with Gasteiger partial charge in [0, 0.05) is 16.0 Å². The fourth-order valence-corrected chi connectivity index (χ4v) is 1.21.